The van der Waals surface area contributed by atoms with Crippen LogP contribution in [0, 0.1) is 5.92 Å². The van der Waals surface area contributed by atoms with Crippen molar-refractivity contribution in [2.24, 2.45) is 5.92 Å². The summed E-state index contributed by atoms with van der Waals surface area (Å²) >= 11 is 6.11. The monoisotopic (exact) mass is 311 g/mol. The molecule has 1 aromatic heterocycles. The summed E-state index contributed by atoms with van der Waals surface area (Å²) in [5.41, 5.74) is 3.57. The standard InChI is InChI=1S/C19H18ClNO/c1-14(13-22)9-18-11-16-10-17(20)7-8-19(16)21(18)12-15-5-3-2-4-6-15/h2-8,10-11,13-14H,9,12H2,1H3. The van der Waals surface area contributed by atoms with Crippen molar-refractivity contribution < 1.29 is 4.79 Å². The average Bonchev–Trinajstić information content (AvgIpc) is 2.84. The Kier molecular flexibility index (Phi) is 4.30. The van der Waals surface area contributed by atoms with Crippen molar-refractivity contribution in [2.75, 3.05) is 0 Å². The first-order chi connectivity index (χ1) is 10.7. The highest BCUT2D eigenvalue weighted by molar-refractivity contribution is 6.31. The topological polar surface area (TPSA) is 22.0 Å². The smallest absolute Gasteiger partial charge is 0.123 e. The number of carbonyl (C=O) groups excluding carboxylic acids is 1. The van der Waals surface area contributed by atoms with Gasteiger partial charge in [-0.1, -0.05) is 48.9 Å². The molecule has 0 saturated carbocycles. The molecule has 1 unspecified atom stereocenters. The number of nitrogens with zero attached hydrogens (tertiary/aromatic N) is 1. The van der Waals surface area contributed by atoms with Gasteiger partial charge >= 0.3 is 0 Å². The Hall–Kier alpha value is -2.06. The lowest BCUT2D eigenvalue weighted by atomic mass is 10.1. The molecule has 2 nitrogen and oxygen atoms in total. The van der Waals surface area contributed by atoms with Crippen LogP contribution in [0.2, 0.25) is 5.02 Å². The molecule has 0 fully saturated rings. The van der Waals surface area contributed by atoms with E-state index in [1.54, 1.807) is 0 Å². The molecule has 22 heavy (non-hydrogen) atoms. The van der Waals surface area contributed by atoms with Crippen LogP contribution in [-0.2, 0) is 17.8 Å². The highest BCUT2D eigenvalue weighted by Gasteiger charge is 2.12. The highest BCUT2D eigenvalue weighted by Crippen LogP contribution is 2.26. The molecule has 3 heteroatoms. The van der Waals surface area contributed by atoms with Crippen molar-refractivity contribution in [1.29, 1.82) is 0 Å². The molecule has 0 saturated heterocycles. The molecular weight excluding hydrogens is 294 g/mol. The van der Waals surface area contributed by atoms with E-state index in [0.29, 0.717) is 0 Å². The van der Waals surface area contributed by atoms with Gasteiger partial charge in [-0.2, -0.15) is 0 Å². The second-order valence-corrected chi connectivity index (χ2v) is 6.16. The lowest BCUT2D eigenvalue weighted by Crippen LogP contribution is -2.09. The maximum absolute atomic E-state index is 11.0. The van der Waals surface area contributed by atoms with Gasteiger partial charge in [0.25, 0.3) is 0 Å². The highest BCUT2D eigenvalue weighted by atomic mass is 35.5. The van der Waals surface area contributed by atoms with Gasteiger partial charge in [0.2, 0.25) is 0 Å². The number of fused-ring (bicyclic) bond motifs is 1. The molecule has 112 valence electrons. The number of hydrogen-bond donors (Lipinski definition) is 0. The summed E-state index contributed by atoms with van der Waals surface area (Å²) in [6.45, 7) is 2.75. The normalized spacial score (nSPS) is 12.5. The molecule has 0 bridgehead atoms. The van der Waals surface area contributed by atoms with E-state index in [9.17, 15) is 4.79 Å². The molecule has 1 atom stereocenters. The van der Waals surface area contributed by atoms with Crippen LogP contribution in [0.15, 0.2) is 54.6 Å². The first kappa shape index (κ1) is 14.9. The second kappa shape index (κ2) is 6.37. The third-order valence-corrected chi connectivity index (χ3v) is 4.13. The van der Waals surface area contributed by atoms with Gasteiger partial charge in [-0.15, -0.1) is 0 Å². The van der Waals surface area contributed by atoms with Crippen molar-refractivity contribution in [3.8, 4) is 0 Å². The van der Waals surface area contributed by atoms with Crippen LogP contribution < -0.4 is 0 Å². The first-order valence-corrected chi connectivity index (χ1v) is 7.82. The van der Waals surface area contributed by atoms with Gasteiger partial charge in [0.1, 0.15) is 6.29 Å². The Labute approximate surface area is 135 Å². The SMILES string of the molecule is CC(C=O)Cc1cc2cc(Cl)ccc2n1Cc1ccccc1. The van der Waals surface area contributed by atoms with Gasteiger partial charge in [0.15, 0.2) is 0 Å². The number of halogens is 1. The Morgan fingerprint density at radius 1 is 1.14 bits per heavy atom. The predicted molar refractivity (Wildman–Crippen MR) is 91.4 cm³/mol. The molecule has 0 amide bonds. The summed E-state index contributed by atoms with van der Waals surface area (Å²) in [6, 6.07) is 18.4. The molecule has 2 aromatic carbocycles. The van der Waals surface area contributed by atoms with Crippen LogP contribution in [0.1, 0.15) is 18.2 Å². The van der Waals surface area contributed by atoms with E-state index in [4.69, 9.17) is 11.6 Å². The van der Waals surface area contributed by atoms with Gasteiger partial charge in [-0.25, -0.2) is 0 Å². The lowest BCUT2D eigenvalue weighted by molar-refractivity contribution is -0.110. The molecule has 3 rings (SSSR count). The summed E-state index contributed by atoms with van der Waals surface area (Å²) in [5, 5.41) is 1.86. The zero-order chi connectivity index (χ0) is 15.5. The number of aromatic nitrogens is 1. The molecule has 0 aliphatic heterocycles. The molecule has 1 heterocycles. The quantitative estimate of drug-likeness (QED) is 0.625. The van der Waals surface area contributed by atoms with Gasteiger partial charge in [-0.3, -0.25) is 0 Å². The third-order valence-electron chi connectivity index (χ3n) is 3.90. The van der Waals surface area contributed by atoms with Gasteiger partial charge in [0, 0.05) is 34.1 Å². The first-order valence-electron chi connectivity index (χ1n) is 7.44. The van der Waals surface area contributed by atoms with Crippen LogP contribution in [0.25, 0.3) is 10.9 Å². The molecule has 3 aromatic rings. The summed E-state index contributed by atoms with van der Waals surface area (Å²) in [6.07, 6.45) is 1.75. The van der Waals surface area contributed by atoms with Gasteiger partial charge < -0.3 is 9.36 Å². The van der Waals surface area contributed by atoms with Crippen molar-refractivity contribution >= 4 is 28.8 Å². The van der Waals surface area contributed by atoms with E-state index in [0.717, 1.165) is 35.2 Å². The minimum absolute atomic E-state index is 0.00862. The number of benzene rings is 2. The fourth-order valence-corrected chi connectivity index (χ4v) is 2.98. The molecule has 0 spiro atoms. The molecular formula is C19H18ClNO. The maximum atomic E-state index is 11.0. The summed E-state index contributed by atoms with van der Waals surface area (Å²) < 4.78 is 2.28. The van der Waals surface area contributed by atoms with Crippen LogP contribution in [0.4, 0.5) is 0 Å². The van der Waals surface area contributed by atoms with E-state index < -0.39 is 0 Å². The molecule has 0 aliphatic carbocycles. The summed E-state index contributed by atoms with van der Waals surface area (Å²) in [7, 11) is 0. The van der Waals surface area contributed by atoms with Crippen molar-refractivity contribution in [1.82, 2.24) is 4.57 Å². The van der Waals surface area contributed by atoms with Gasteiger partial charge in [0.05, 0.1) is 0 Å². The van der Waals surface area contributed by atoms with E-state index in [2.05, 4.69) is 28.8 Å². The largest absolute Gasteiger partial charge is 0.340 e. The average molecular weight is 312 g/mol. The van der Waals surface area contributed by atoms with Crippen molar-refractivity contribution in [2.45, 2.75) is 19.9 Å². The molecule has 0 N–H and O–H groups in total. The van der Waals surface area contributed by atoms with Crippen molar-refractivity contribution in [3.05, 3.63) is 70.9 Å². The van der Waals surface area contributed by atoms with E-state index in [-0.39, 0.29) is 5.92 Å². The van der Waals surface area contributed by atoms with Crippen LogP contribution in [-0.4, -0.2) is 10.9 Å². The maximum Gasteiger partial charge on any atom is 0.123 e. The molecule has 0 aliphatic rings. The van der Waals surface area contributed by atoms with Crippen LogP contribution in [0.3, 0.4) is 0 Å². The predicted octanol–water partition coefficient (Wildman–Crippen LogP) is 4.72. The third kappa shape index (κ3) is 3.07. The van der Waals surface area contributed by atoms with Crippen LogP contribution in [0.5, 0.6) is 0 Å². The second-order valence-electron chi connectivity index (χ2n) is 5.73. The Morgan fingerprint density at radius 3 is 2.64 bits per heavy atom. The zero-order valence-corrected chi connectivity index (χ0v) is 13.3. The number of rotatable bonds is 5. The number of aldehydes is 1. The Balaban J connectivity index is 2.07. The number of hydrogen-bond acceptors (Lipinski definition) is 1. The Bertz CT molecular complexity index is 792. The fourth-order valence-electron chi connectivity index (χ4n) is 2.80. The van der Waals surface area contributed by atoms with Gasteiger partial charge in [-0.05, 0) is 36.2 Å². The zero-order valence-electron chi connectivity index (χ0n) is 12.5. The van der Waals surface area contributed by atoms with E-state index in [1.807, 2.05) is 37.3 Å². The van der Waals surface area contributed by atoms with E-state index in [1.165, 1.54) is 11.3 Å². The van der Waals surface area contributed by atoms with Crippen molar-refractivity contribution in [3.63, 3.8) is 0 Å². The minimum atomic E-state index is 0.00862. The Morgan fingerprint density at radius 2 is 1.91 bits per heavy atom. The van der Waals surface area contributed by atoms with Crippen LogP contribution >= 0.6 is 11.6 Å². The summed E-state index contributed by atoms with van der Waals surface area (Å²) in [4.78, 5) is 11.0. The summed E-state index contributed by atoms with van der Waals surface area (Å²) in [5.74, 6) is 0.00862. The number of carbonyl (C=O) groups is 1. The molecule has 0 radical (unpaired) electrons. The fraction of sp³-hybridized carbons (Fsp3) is 0.211. The minimum Gasteiger partial charge on any atom is -0.340 e. The van der Waals surface area contributed by atoms with E-state index >= 15 is 0 Å². The lowest BCUT2D eigenvalue weighted by Gasteiger charge is -2.12.